The van der Waals surface area contributed by atoms with Gasteiger partial charge in [-0.2, -0.15) is 6.07 Å². The van der Waals surface area contributed by atoms with E-state index in [2.05, 4.69) is 114 Å². The first kappa shape index (κ1) is 35.4. The molecule has 1 unspecified atom stereocenters. The van der Waals surface area contributed by atoms with Gasteiger partial charge >= 0.3 is 21.1 Å². The van der Waals surface area contributed by atoms with E-state index in [0.717, 1.165) is 27.7 Å². The number of fused-ring (bicyclic) bond motifs is 9. The van der Waals surface area contributed by atoms with Gasteiger partial charge in [0.25, 0.3) is 0 Å². The summed E-state index contributed by atoms with van der Waals surface area (Å²) in [5.74, 6) is 2.50. The fraction of sp³-hybridized carbons (Fsp3) is 0.255. The number of ether oxygens (including phenoxy) is 1. The molecule has 56 heavy (non-hydrogen) atoms. The van der Waals surface area contributed by atoms with Gasteiger partial charge in [-0.05, 0) is 77.8 Å². The predicted molar refractivity (Wildman–Crippen MR) is 222 cm³/mol. The van der Waals surface area contributed by atoms with Crippen LogP contribution in [0, 0.1) is 12.1 Å². The maximum atomic E-state index is 6.68. The number of para-hydroxylation sites is 1. The Hall–Kier alpha value is -5.05. The van der Waals surface area contributed by atoms with Gasteiger partial charge < -0.3 is 9.14 Å². The Balaban J connectivity index is 0.00000384. The van der Waals surface area contributed by atoms with E-state index in [9.17, 15) is 0 Å². The Morgan fingerprint density at radius 2 is 1.25 bits per heavy atom. The minimum absolute atomic E-state index is 0. The minimum Gasteiger partial charge on any atom is -0.503 e. The van der Waals surface area contributed by atoms with Crippen molar-refractivity contribution in [3.05, 3.63) is 162 Å². The van der Waals surface area contributed by atoms with Crippen LogP contribution in [0.2, 0.25) is 0 Å². The molecule has 0 radical (unpaired) electrons. The number of nitrogens with zero attached hydrogens (tertiary/aromatic N) is 3. The molecule has 0 aliphatic heterocycles. The maximum Gasteiger partial charge on any atom is 2.00 e. The molecular weight excluding hydrogens is 866 g/mol. The third-order valence-corrected chi connectivity index (χ3v) is 12.8. The molecule has 3 aliphatic rings. The first-order valence-electron chi connectivity index (χ1n) is 20.4. The molecule has 2 fully saturated rings. The summed E-state index contributed by atoms with van der Waals surface area (Å²) in [6, 6.07) is 46.6. The van der Waals surface area contributed by atoms with E-state index in [4.69, 9.17) is 14.7 Å². The Bertz CT molecular complexity index is 2690. The zero-order chi connectivity index (χ0) is 36.3. The molecule has 0 spiro atoms. The molecule has 278 valence electrons. The molecule has 2 saturated carbocycles. The van der Waals surface area contributed by atoms with Gasteiger partial charge in [0.2, 0.25) is 0 Å². The summed E-state index contributed by atoms with van der Waals surface area (Å²) in [4.78, 5) is 10.0. The Kier molecular flexibility index (Phi) is 9.34. The topological polar surface area (TPSA) is 39.4 Å². The predicted octanol–water partition coefficient (Wildman–Crippen LogP) is 13.3. The number of pyridine rings is 2. The molecule has 3 heterocycles. The number of rotatable bonds is 6. The van der Waals surface area contributed by atoms with Crippen LogP contribution in [0.4, 0.5) is 0 Å². The van der Waals surface area contributed by atoms with E-state index >= 15 is 0 Å². The maximum absolute atomic E-state index is 6.68. The second kappa shape index (κ2) is 14.8. The number of hydrogen-bond donors (Lipinski definition) is 0. The molecule has 4 nitrogen and oxygen atoms in total. The van der Waals surface area contributed by atoms with Gasteiger partial charge in [0.1, 0.15) is 0 Å². The van der Waals surface area contributed by atoms with Crippen molar-refractivity contribution < 1.29 is 25.8 Å². The van der Waals surface area contributed by atoms with Gasteiger partial charge in [-0.25, -0.2) is 0 Å². The molecule has 0 saturated heterocycles. The summed E-state index contributed by atoms with van der Waals surface area (Å²) in [5.41, 5.74) is 13.6. The Morgan fingerprint density at radius 1 is 0.571 bits per heavy atom. The van der Waals surface area contributed by atoms with Crippen molar-refractivity contribution in [3.8, 4) is 33.9 Å². The van der Waals surface area contributed by atoms with Crippen molar-refractivity contribution >= 4 is 27.3 Å². The van der Waals surface area contributed by atoms with Gasteiger partial charge in [0.15, 0.2) is 0 Å². The van der Waals surface area contributed by atoms with Crippen molar-refractivity contribution in [1.82, 2.24) is 14.4 Å². The molecule has 0 N–H and O–H groups in total. The molecule has 0 bridgehead atoms. The van der Waals surface area contributed by atoms with Crippen LogP contribution in [0.25, 0.3) is 49.7 Å². The quantitative estimate of drug-likeness (QED) is 0.123. The molecular formula is C51H43N3OPt. The van der Waals surface area contributed by atoms with Gasteiger partial charge in [-0.1, -0.05) is 128 Å². The number of hydrogen-bond acceptors (Lipinski definition) is 3. The molecule has 5 heteroatoms. The fourth-order valence-electron chi connectivity index (χ4n) is 10.3. The van der Waals surface area contributed by atoms with Gasteiger partial charge in [0.05, 0.1) is 17.0 Å². The second-order valence-electron chi connectivity index (χ2n) is 15.9. The zero-order valence-corrected chi connectivity index (χ0v) is 33.7. The summed E-state index contributed by atoms with van der Waals surface area (Å²) in [7, 11) is 0. The largest absolute Gasteiger partial charge is 2.00 e. The molecule has 5 aromatic carbocycles. The average Bonchev–Trinajstić information content (AvgIpc) is 3.84. The molecule has 0 amide bonds. The first-order chi connectivity index (χ1) is 27.3. The Morgan fingerprint density at radius 3 is 2.02 bits per heavy atom. The standard InChI is InChI=1S/C51H43N3O.Pt/c1-3-14-33(15-4-1)37-21-13-22-38(34-16-5-2-6-17-34)50(37)48-32-53-51-45-31-36(26-28-41(45)42-19-9-10-24-47(42)54(48)51)55-35-25-27-40-39-18-7-8-20-43(39)49(44(40)30-35)46-23-11-12-29-52-46;/h7-13,18-29,32-34,49H,1-6,14-17H2;/q-2;+2. The van der Waals surface area contributed by atoms with Gasteiger partial charge in [0, 0.05) is 40.9 Å². The average molecular weight is 909 g/mol. The van der Waals surface area contributed by atoms with E-state index in [1.54, 1.807) is 0 Å². The van der Waals surface area contributed by atoms with E-state index in [1.165, 1.54) is 114 Å². The van der Waals surface area contributed by atoms with E-state index in [0.29, 0.717) is 23.3 Å². The summed E-state index contributed by atoms with van der Waals surface area (Å²) in [5, 5.41) is 3.29. The second-order valence-corrected chi connectivity index (χ2v) is 15.9. The summed E-state index contributed by atoms with van der Waals surface area (Å²) in [6.45, 7) is 0. The van der Waals surface area contributed by atoms with Crippen LogP contribution < -0.4 is 4.74 Å². The molecule has 11 rings (SSSR count). The van der Waals surface area contributed by atoms with Crippen molar-refractivity contribution in [3.63, 3.8) is 0 Å². The molecule has 1 atom stereocenters. The van der Waals surface area contributed by atoms with Crippen molar-refractivity contribution in [2.24, 2.45) is 0 Å². The van der Waals surface area contributed by atoms with E-state index < -0.39 is 0 Å². The first-order valence-corrected chi connectivity index (χ1v) is 20.4. The molecule has 3 aliphatic carbocycles. The van der Waals surface area contributed by atoms with Crippen LogP contribution in [0.5, 0.6) is 11.5 Å². The third kappa shape index (κ3) is 5.91. The third-order valence-electron chi connectivity index (χ3n) is 12.8. The van der Waals surface area contributed by atoms with E-state index in [-0.39, 0.29) is 27.0 Å². The number of imidazole rings is 1. The summed E-state index contributed by atoms with van der Waals surface area (Å²) >= 11 is 0. The van der Waals surface area contributed by atoms with Gasteiger partial charge in [-0.3, -0.25) is 9.97 Å². The fourth-order valence-corrected chi connectivity index (χ4v) is 10.3. The molecule has 8 aromatic rings. The monoisotopic (exact) mass is 908 g/mol. The van der Waals surface area contributed by atoms with Crippen LogP contribution in [0.1, 0.15) is 110 Å². The SMILES string of the molecule is [Pt+2].[c-]1c(Oc2[c-]c3c(cc2)c2ccccc2n2c(-c4c(C5CCCCC5)cccc4C4CCCCC4)cnc32)ccc2c1C(c1ccccn1)c1ccccc1-2. The van der Waals surface area contributed by atoms with Crippen LogP contribution in [-0.2, 0) is 21.1 Å². The number of aromatic nitrogens is 3. The Labute approximate surface area is 343 Å². The summed E-state index contributed by atoms with van der Waals surface area (Å²) in [6.07, 6.45) is 17.1. The normalized spacial score (nSPS) is 17.2. The zero-order valence-electron chi connectivity index (χ0n) is 31.4. The van der Waals surface area contributed by atoms with Crippen LogP contribution in [0.3, 0.4) is 0 Å². The van der Waals surface area contributed by atoms with Crippen LogP contribution >= 0.6 is 0 Å². The van der Waals surface area contributed by atoms with Crippen molar-refractivity contribution in [2.45, 2.75) is 82.0 Å². The van der Waals surface area contributed by atoms with Gasteiger partial charge in [-0.15, -0.1) is 35.4 Å². The van der Waals surface area contributed by atoms with Crippen LogP contribution in [0.15, 0.2) is 122 Å². The van der Waals surface area contributed by atoms with Crippen molar-refractivity contribution in [1.29, 1.82) is 0 Å². The molecule has 3 aromatic heterocycles. The van der Waals surface area contributed by atoms with E-state index in [1.807, 2.05) is 24.4 Å². The van der Waals surface area contributed by atoms with Crippen molar-refractivity contribution in [2.75, 3.05) is 0 Å². The summed E-state index contributed by atoms with van der Waals surface area (Å²) < 4.78 is 9.11. The minimum atomic E-state index is 0. The number of benzene rings is 5. The smallest absolute Gasteiger partial charge is 0.503 e. The van der Waals surface area contributed by atoms with Crippen LogP contribution in [-0.4, -0.2) is 14.4 Å².